The molecule has 0 aliphatic heterocycles. The molecule has 2 aromatic rings. The number of benzene rings is 2. The van der Waals surface area contributed by atoms with Gasteiger partial charge in [0, 0.05) is 5.69 Å². The summed E-state index contributed by atoms with van der Waals surface area (Å²) < 4.78 is 5.76. The molecule has 0 aliphatic carbocycles. The van der Waals surface area contributed by atoms with Gasteiger partial charge in [-0.1, -0.05) is 24.3 Å². The highest BCUT2D eigenvalue weighted by molar-refractivity contribution is 5.89. The van der Waals surface area contributed by atoms with E-state index in [0.717, 1.165) is 33.7 Å². The second-order valence-corrected chi connectivity index (χ2v) is 5.83. The molecule has 4 nitrogen and oxygen atoms in total. The van der Waals surface area contributed by atoms with Gasteiger partial charge in [0.05, 0.1) is 6.54 Å². The molecule has 23 heavy (non-hydrogen) atoms. The van der Waals surface area contributed by atoms with Crippen LogP contribution in [0.3, 0.4) is 0 Å². The number of amides is 2. The van der Waals surface area contributed by atoms with E-state index in [9.17, 15) is 4.79 Å². The van der Waals surface area contributed by atoms with Crippen LogP contribution in [0.15, 0.2) is 36.4 Å². The Bertz CT molecular complexity index is 655. The maximum Gasteiger partial charge on any atom is 0.319 e. The molecule has 2 amide bonds. The van der Waals surface area contributed by atoms with Crippen LogP contribution in [0, 0.1) is 27.7 Å². The Hall–Kier alpha value is -2.49. The minimum absolute atomic E-state index is 0.222. The van der Waals surface area contributed by atoms with Crippen LogP contribution < -0.4 is 15.4 Å². The summed E-state index contributed by atoms with van der Waals surface area (Å²) in [6.07, 6.45) is 0. The first-order chi connectivity index (χ1) is 11.0. The molecule has 0 saturated heterocycles. The molecule has 2 rings (SSSR count). The lowest BCUT2D eigenvalue weighted by atomic mass is 10.1. The molecule has 0 aromatic heterocycles. The van der Waals surface area contributed by atoms with Crippen LogP contribution in [0.4, 0.5) is 10.5 Å². The average Bonchev–Trinajstić information content (AvgIpc) is 2.44. The number of hydrogen-bond donors (Lipinski definition) is 2. The summed E-state index contributed by atoms with van der Waals surface area (Å²) in [5.74, 6) is 0.893. The van der Waals surface area contributed by atoms with Crippen molar-refractivity contribution >= 4 is 11.7 Å². The Morgan fingerprint density at radius 3 is 2.22 bits per heavy atom. The number of para-hydroxylation sites is 1. The first-order valence-electron chi connectivity index (χ1n) is 7.78. The third-order valence-corrected chi connectivity index (χ3v) is 3.52. The number of aryl methyl sites for hydroxylation is 4. The second-order valence-electron chi connectivity index (χ2n) is 5.83. The summed E-state index contributed by atoms with van der Waals surface area (Å²) >= 11 is 0. The van der Waals surface area contributed by atoms with Gasteiger partial charge in [0.2, 0.25) is 0 Å². The summed E-state index contributed by atoms with van der Waals surface area (Å²) in [6.45, 7) is 8.93. The quantitative estimate of drug-likeness (QED) is 0.816. The molecule has 0 fully saturated rings. The molecule has 0 saturated carbocycles. The fourth-order valence-electron chi connectivity index (χ4n) is 2.57. The van der Waals surface area contributed by atoms with Crippen LogP contribution in [-0.4, -0.2) is 19.2 Å². The molecular formula is C19H24N2O2. The smallest absolute Gasteiger partial charge is 0.319 e. The van der Waals surface area contributed by atoms with Crippen molar-refractivity contribution in [3.05, 3.63) is 58.7 Å². The molecule has 2 aromatic carbocycles. The van der Waals surface area contributed by atoms with Crippen molar-refractivity contribution < 1.29 is 9.53 Å². The molecule has 0 unspecified atom stereocenters. The number of ether oxygens (including phenoxy) is 1. The van der Waals surface area contributed by atoms with E-state index in [1.807, 2.05) is 58.0 Å². The average molecular weight is 312 g/mol. The molecule has 0 spiro atoms. The number of urea groups is 1. The maximum atomic E-state index is 11.9. The fourth-order valence-corrected chi connectivity index (χ4v) is 2.57. The van der Waals surface area contributed by atoms with E-state index in [0.29, 0.717) is 13.2 Å². The van der Waals surface area contributed by atoms with Crippen molar-refractivity contribution in [2.45, 2.75) is 27.7 Å². The Balaban J connectivity index is 1.79. The largest absolute Gasteiger partial charge is 0.491 e. The predicted molar refractivity (Wildman–Crippen MR) is 94.3 cm³/mol. The zero-order chi connectivity index (χ0) is 16.8. The second kappa shape index (κ2) is 7.68. The number of rotatable bonds is 5. The standard InChI is InChI=1S/C19H24N2O2/c1-13-10-14(2)12-17(11-13)21-19(22)20-8-9-23-18-15(3)6-5-7-16(18)4/h5-7,10-12H,8-9H2,1-4H3,(H2,20,21,22). The van der Waals surface area contributed by atoms with Crippen LogP contribution in [0.5, 0.6) is 5.75 Å². The van der Waals surface area contributed by atoms with Gasteiger partial charge in [-0.3, -0.25) is 0 Å². The van der Waals surface area contributed by atoms with Gasteiger partial charge in [0.25, 0.3) is 0 Å². The van der Waals surface area contributed by atoms with Crippen LogP contribution in [0.25, 0.3) is 0 Å². The topological polar surface area (TPSA) is 50.4 Å². The maximum absolute atomic E-state index is 11.9. The Labute approximate surface area is 137 Å². The molecule has 4 heteroatoms. The van der Waals surface area contributed by atoms with E-state index >= 15 is 0 Å². The first-order valence-corrected chi connectivity index (χ1v) is 7.78. The van der Waals surface area contributed by atoms with Crippen LogP contribution >= 0.6 is 0 Å². The third-order valence-electron chi connectivity index (χ3n) is 3.52. The van der Waals surface area contributed by atoms with E-state index in [2.05, 4.69) is 16.7 Å². The van der Waals surface area contributed by atoms with Gasteiger partial charge in [-0.15, -0.1) is 0 Å². The molecule has 0 bridgehead atoms. The number of nitrogens with one attached hydrogen (secondary N) is 2. The monoisotopic (exact) mass is 312 g/mol. The van der Waals surface area contributed by atoms with E-state index in [1.54, 1.807) is 0 Å². The zero-order valence-corrected chi connectivity index (χ0v) is 14.2. The third kappa shape index (κ3) is 5.02. The number of anilines is 1. The summed E-state index contributed by atoms with van der Waals surface area (Å²) in [7, 11) is 0. The van der Waals surface area contributed by atoms with Crippen molar-refractivity contribution in [2.75, 3.05) is 18.5 Å². The zero-order valence-electron chi connectivity index (χ0n) is 14.2. The van der Waals surface area contributed by atoms with Crippen LogP contribution in [0.2, 0.25) is 0 Å². The van der Waals surface area contributed by atoms with Gasteiger partial charge in [0.15, 0.2) is 0 Å². The molecule has 0 atom stereocenters. The van der Waals surface area contributed by atoms with Crippen molar-refractivity contribution in [1.29, 1.82) is 0 Å². The van der Waals surface area contributed by atoms with Gasteiger partial charge >= 0.3 is 6.03 Å². The van der Waals surface area contributed by atoms with Crippen LogP contribution in [-0.2, 0) is 0 Å². The summed E-state index contributed by atoms with van der Waals surface area (Å²) in [5, 5.41) is 5.64. The van der Waals surface area contributed by atoms with Crippen molar-refractivity contribution in [3.63, 3.8) is 0 Å². The molecule has 0 aliphatic rings. The van der Waals surface area contributed by atoms with Gasteiger partial charge < -0.3 is 15.4 Å². The highest BCUT2D eigenvalue weighted by atomic mass is 16.5. The van der Waals surface area contributed by atoms with Gasteiger partial charge in [-0.05, 0) is 62.1 Å². The number of carbonyl (C=O) groups is 1. The van der Waals surface area contributed by atoms with Crippen molar-refractivity contribution in [3.8, 4) is 5.75 Å². The first kappa shape index (κ1) is 16.9. The number of hydrogen-bond acceptors (Lipinski definition) is 2. The van der Waals surface area contributed by atoms with E-state index in [4.69, 9.17) is 4.74 Å². The highest BCUT2D eigenvalue weighted by Gasteiger charge is 2.05. The molecule has 0 radical (unpaired) electrons. The van der Waals surface area contributed by atoms with Crippen molar-refractivity contribution in [1.82, 2.24) is 5.32 Å². The fraction of sp³-hybridized carbons (Fsp3) is 0.316. The van der Waals surface area contributed by atoms with Crippen LogP contribution in [0.1, 0.15) is 22.3 Å². The highest BCUT2D eigenvalue weighted by Crippen LogP contribution is 2.21. The summed E-state index contributed by atoms with van der Waals surface area (Å²) in [6, 6.07) is 11.8. The van der Waals surface area contributed by atoms with Gasteiger partial charge in [0.1, 0.15) is 12.4 Å². The van der Waals surface area contributed by atoms with E-state index in [1.165, 1.54) is 0 Å². The lowest BCUT2D eigenvalue weighted by molar-refractivity contribution is 0.247. The molecule has 2 N–H and O–H groups in total. The summed E-state index contributed by atoms with van der Waals surface area (Å²) in [4.78, 5) is 11.9. The Morgan fingerprint density at radius 2 is 1.61 bits per heavy atom. The van der Waals surface area contributed by atoms with Crippen molar-refractivity contribution in [2.24, 2.45) is 0 Å². The number of carbonyl (C=O) groups excluding carboxylic acids is 1. The predicted octanol–water partition coefficient (Wildman–Crippen LogP) is 4.12. The van der Waals surface area contributed by atoms with E-state index in [-0.39, 0.29) is 6.03 Å². The Morgan fingerprint density at radius 1 is 1.00 bits per heavy atom. The lowest BCUT2D eigenvalue weighted by Crippen LogP contribution is -2.32. The van der Waals surface area contributed by atoms with Gasteiger partial charge in [-0.25, -0.2) is 4.79 Å². The van der Waals surface area contributed by atoms with E-state index < -0.39 is 0 Å². The normalized spacial score (nSPS) is 10.3. The SMILES string of the molecule is Cc1cc(C)cc(NC(=O)NCCOc2c(C)cccc2C)c1. The summed E-state index contributed by atoms with van der Waals surface area (Å²) in [5.41, 5.74) is 5.25. The molecule has 122 valence electrons. The van der Waals surface area contributed by atoms with Gasteiger partial charge in [-0.2, -0.15) is 0 Å². The minimum Gasteiger partial charge on any atom is -0.491 e. The molecular weight excluding hydrogens is 288 g/mol. The lowest BCUT2D eigenvalue weighted by Gasteiger charge is -2.13. The molecule has 0 heterocycles. The minimum atomic E-state index is -0.222. The Kier molecular flexibility index (Phi) is 5.63.